The summed E-state index contributed by atoms with van der Waals surface area (Å²) < 4.78 is 0. The molecular weight excluding hydrogens is 100 g/mol. The number of allylic oxidation sites excluding steroid dienone is 1. The van der Waals surface area contributed by atoms with Gasteiger partial charge in [-0.3, -0.25) is 0 Å². The summed E-state index contributed by atoms with van der Waals surface area (Å²) in [5, 5.41) is 10.6. The van der Waals surface area contributed by atoms with Gasteiger partial charge < -0.3 is 0 Å². The van der Waals surface area contributed by atoms with E-state index in [0.29, 0.717) is 0 Å². The maximum Gasteiger partial charge on any atom is 0.111 e. The van der Waals surface area contributed by atoms with Crippen LogP contribution in [0.15, 0.2) is 12.2 Å². The summed E-state index contributed by atoms with van der Waals surface area (Å²) in [5.74, 6) is 0. The zero-order chi connectivity index (χ0) is 6.41. The van der Waals surface area contributed by atoms with Crippen LogP contribution in [0.5, 0.6) is 0 Å². The van der Waals surface area contributed by atoms with Crippen molar-refractivity contribution < 1.29 is 5.11 Å². The van der Waals surface area contributed by atoms with Crippen molar-refractivity contribution in [3.63, 3.8) is 0 Å². The second kappa shape index (κ2) is 4.85. The smallest absolute Gasteiger partial charge is 0.111 e. The van der Waals surface area contributed by atoms with E-state index in [1.54, 1.807) is 6.08 Å². The Hall–Kier alpha value is -0.300. The van der Waals surface area contributed by atoms with E-state index in [-0.39, 0.29) is 0 Å². The largest absolute Gasteiger partial charge is 0.229 e. The topological polar surface area (TPSA) is 19.9 Å². The van der Waals surface area contributed by atoms with E-state index in [4.69, 9.17) is 0 Å². The van der Waals surface area contributed by atoms with Crippen molar-refractivity contribution in [1.29, 1.82) is 0 Å². The van der Waals surface area contributed by atoms with Gasteiger partial charge in [-0.15, -0.1) is 0 Å². The molecule has 0 aromatic heterocycles. The van der Waals surface area contributed by atoms with Crippen molar-refractivity contribution in [2.75, 3.05) is 0 Å². The van der Waals surface area contributed by atoms with Crippen LogP contribution in [0.1, 0.15) is 26.7 Å². The van der Waals surface area contributed by atoms with Crippen LogP contribution in [-0.2, 0) is 5.11 Å². The van der Waals surface area contributed by atoms with E-state index in [2.05, 4.69) is 0 Å². The van der Waals surface area contributed by atoms with E-state index in [1.807, 2.05) is 19.9 Å². The van der Waals surface area contributed by atoms with Gasteiger partial charge in [0.15, 0.2) is 0 Å². The minimum atomic E-state index is -0.468. The highest BCUT2D eigenvalue weighted by Gasteiger charge is 1.95. The summed E-state index contributed by atoms with van der Waals surface area (Å²) in [6, 6.07) is 0. The first-order chi connectivity index (χ1) is 3.81. The first kappa shape index (κ1) is 7.70. The zero-order valence-corrected chi connectivity index (χ0v) is 5.55. The Morgan fingerprint density at radius 3 is 2.62 bits per heavy atom. The van der Waals surface area contributed by atoms with Crippen LogP contribution in [0.25, 0.3) is 0 Å². The van der Waals surface area contributed by atoms with E-state index in [1.165, 1.54) is 0 Å². The number of hydrogen-bond acceptors (Lipinski definition) is 0. The normalized spacial score (nSPS) is 14.9. The van der Waals surface area contributed by atoms with Crippen molar-refractivity contribution >= 4 is 0 Å². The fourth-order valence-electron chi connectivity index (χ4n) is 0.595. The maximum atomic E-state index is 10.6. The van der Waals surface area contributed by atoms with Gasteiger partial charge in [-0.2, -0.15) is 0 Å². The minimum Gasteiger partial charge on any atom is -0.229 e. The van der Waals surface area contributed by atoms with Crippen molar-refractivity contribution in [2.24, 2.45) is 0 Å². The Morgan fingerprint density at radius 2 is 2.25 bits per heavy atom. The molecule has 0 heterocycles. The van der Waals surface area contributed by atoms with Gasteiger partial charge >= 0.3 is 0 Å². The van der Waals surface area contributed by atoms with Gasteiger partial charge in [0.05, 0.1) is 0 Å². The van der Waals surface area contributed by atoms with Crippen LogP contribution in [0, 0.1) is 0 Å². The van der Waals surface area contributed by atoms with Gasteiger partial charge in [0.2, 0.25) is 0 Å². The first-order valence-electron chi connectivity index (χ1n) is 3.10. The molecule has 8 heavy (non-hydrogen) atoms. The molecule has 1 unspecified atom stereocenters. The SMILES string of the molecule is CC=CC([O])CCC. The third-order valence-corrected chi connectivity index (χ3v) is 0.980. The maximum absolute atomic E-state index is 10.6. The highest BCUT2D eigenvalue weighted by atomic mass is 16.3. The molecule has 0 fully saturated rings. The van der Waals surface area contributed by atoms with Crippen LogP contribution in [0.2, 0.25) is 0 Å². The van der Waals surface area contributed by atoms with Crippen LogP contribution >= 0.6 is 0 Å². The van der Waals surface area contributed by atoms with E-state index >= 15 is 0 Å². The predicted octanol–water partition coefficient (Wildman–Crippen LogP) is 2.16. The Labute approximate surface area is 51.0 Å². The minimum absolute atomic E-state index is 0.468. The van der Waals surface area contributed by atoms with Gasteiger partial charge in [-0.1, -0.05) is 25.5 Å². The third-order valence-electron chi connectivity index (χ3n) is 0.980. The molecule has 0 amide bonds. The lowest BCUT2D eigenvalue weighted by Gasteiger charge is -1.95. The molecule has 0 spiro atoms. The van der Waals surface area contributed by atoms with Crippen LogP contribution in [-0.4, -0.2) is 6.10 Å². The lowest BCUT2D eigenvalue weighted by molar-refractivity contribution is 0.121. The zero-order valence-electron chi connectivity index (χ0n) is 5.55. The molecule has 0 aliphatic carbocycles. The van der Waals surface area contributed by atoms with Crippen molar-refractivity contribution in [3.05, 3.63) is 12.2 Å². The second-order valence-electron chi connectivity index (χ2n) is 1.85. The molecule has 0 aromatic carbocycles. The molecule has 0 aliphatic rings. The standard InChI is InChI=1S/C7H13O/c1-3-5-7(8)6-4-2/h3,5,7H,4,6H2,1-2H3. The Balaban J connectivity index is 3.17. The van der Waals surface area contributed by atoms with Crippen molar-refractivity contribution in [2.45, 2.75) is 32.8 Å². The van der Waals surface area contributed by atoms with Gasteiger partial charge in [0.1, 0.15) is 6.10 Å². The van der Waals surface area contributed by atoms with E-state index < -0.39 is 6.10 Å². The quantitative estimate of drug-likeness (QED) is 0.500. The van der Waals surface area contributed by atoms with E-state index in [0.717, 1.165) is 12.8 Å². The second-order valence-corrected chi connectivity index (χ2v) is 1.85. The van der Waals surface area contributed by atoms with Gasteiger partial charge in [-0.25, -0.2) is 5.11 Å². The molecule has 1 nitrogen and oxygen atoms in total. The summed E-state index contributed by atoms with van der Waals surface area (Å²) in [6.45, 7) is 3.90. The molecule has 0 saturated heterocycles. The number of rotatable bonds is 3. The van der Waals surface area contributed by atoms with Gasteiger partial charge in [0.25, 0.3) is 0 Å². The summed E-state index contributed by atoms with van der Waals surface area (Å²) in [7, 11) is 0. The molecule has 47 valence electrons. The molecular formula is C7H13O. The number of hydrogen-bond donors (Lipinski definition) is 0. The first-order valence-corrected chi connectivity index (χ1v) is 3.10. The van der Waals surface area contributed by atoms with E-state index in [9.17, 15) is 5.11 Å². The summed E-state index contributed by atoms with van der Waals surface area (Å²) in [6.07, 6.45) is 4.80. The Kier molecular flexibility index (Phi) is 4.67. The molecule has 0 aliphatic heterocycles. The van der Waals surface area contributed by atoms with Crippen molar-refractivity contribution in [1.82, 2.24) is 0 Å². The average Bonchev–Trinajstić information content (AvgIpc) is 1.68. The highest BCUT2D eigenvalue weighted by molar-refractivity contribution is 4.84. The van der Waals surface area contributed by atoms with Crippen molar-refractivity contribution in [3.8, 4) is 0 Å². The summed E-state index contributed by atoms with van der Waals surface area (Å²) in [5.41, 5.74) is 0. The Morgan fingerprint density at radius 1 is 1.62 bits per heavy atom. The Bertz CT molecular complexity index is 66.8. The molecule has 0 bridgehead atoms. The van der Waals surface area contributed by atoms with Crippen LogP contribution in [0.3, 0.4) is 0 Å². The summed E-state index contributed by atoms with van der Waals surface area (Å²) >= 11 is 0. The molecule has 1 atom stereocenters. The highest BCUT2D eigenvalue weighted by Crippen LogP contribution is 1.96. The monoisotopic (exact) mass is 113 g/mol. The molecule has 1 heteroatoms. The third kappa shape index (κ3) is 3.88. The fraction of sp³-hybridized carbons (Fsp3) is 0.714. The molecule has 0 N–H and O–H groups in total. The lowest BCUT2D eigenvalue weighted by Crippen LogP contribution is -1.96. The summed E-state index contributed by atoms with van der Waals surface area (Å²) in [4.78, 5) is 0. The molecule has 0 saturated carbocycles. The predicted molar refractivity (Wildman–Crippen MR) is 34.2 cm³/mol. The molecule has 0 aromatic rings. The average molecular weight is 113 g/mol. The van der Waals surface area contributed by atoms with Gasteiger partial charge in [0, 0.05) is 0 Å². The van der Waals surface area contributed by atoms with Crippen LogP contribution < -0.4 is 0 Å². The van der Waals surface area contributed by atoms with Gasteiger partial charge in [-0.05, 0) is 13.3 Å². The molecule has 0 rings (SSSR count). The lowest BCUT2D eigenvalue weighted by atomic mass is 10.2. The fourth-order valence-corrected chi connectivity index (χ4v) is 0.595. The van der Waals surface area contributed by atoms with Crippen LogP contribution in [0.4, 0.5) is 0 Å². The molecule has 1 radical (unpaired) electrons.